The van der Waals surface area contributed by atoms with Crippen molar-refractivity contribution in [1.29, 1.82) is 0 Å². The smallest absolute Gasteiger partial charge is 0.124 e. The minimum atomic E-state index is 1.07. The zero-order valence-electron chi connectivity index (χ0n) is 14.1. The van der Waals surface area contributed by atoms with Gasteiger partial charge in [-0.05, 0) is 36.5 Å². The topological polar surface area (TPSA) is 12.9 Å². The number of aromatic nitrogens is 1. The first-order valence-electron chi connectivity index (χ1n) is 8.38. The Balaban J connectivity index is 2.08. The maximum absolute atomic E-state index is 4.96. The van der Waals surface area contributed by atoms with Gasteiger partial charge in [-0.1, -0.05) is 68.8 Å². The van der Waals surface area contributed by atoms with Crippen molar-refractivity contribution in [2.24, 2.45) is 0 Å². The van der Waals surface area contributed by atoms with Crippen molar-refractivity contribution in [3.8, 4) is 21.7 Å². The third-order valence-corrected chi connectivity index (χ3v) is 5.51. The van der Waals surface area contributed by atoms with Crippen molar-refractivity contribution >= 4 is 11.3 Å². The fourth-order valence-corrected chi connectivity index (χ4v) is 4.13. The summed E-state index contributed by atoms with van der Waals surface area (Å²) in [4.78, 5) is 6.39. The molecular formula is C21H23NS. The monoisotopic (exact) mass is 321 g/mol. The van der Waals surface area contributed by atoms with E-state index >= 15 is 0 Å². The first-order valence-corrected chi connectivity index (χ1v) is 9.20. The molecule has 0 bridgehead atoms. The highest BCUT2D eigenvalue weighted by atomic mass is 32.1. The largest absolute Gasteiger partial charge is 0.241 e. The van der Waals surface area contributed by atoms with Crippen molar-refractivity contribution < 1.29 is 0 Å². The lowest BCUT2D eigenvalue weighted by Crippen LogP contribution is -1.90. The molecule has 23 heavy (non-hydrogen) atoms. The maximum Gasteiger partial charge on any atom is 0.124 e. The zero-order chi connectivity index (χ0) is 16.2. The van der Waals surface area contributed by atoms with E-state index in [1.807, 2.05) is 11.3 Å². The van der Waals surface area contributed by atoms with Crippen LogP contribution < -0.4 is 0 Å². The molecule has 2 heteroatoms. The van der Waals surface area contributed by atoms with E-state index in [1.165, 1.54) is 37.8 Å². The van der Waals surface area contributed by atoms with Crippen LogP contribution in [0.1, 0.15) is 36.4 Å². The van der Waals surface area contributed by atoms with Crippen LogP contribution >= 0.6 is 11.3 Å². The van der Waals surface area contributed by atoms with Crippen molar-refractivity contribution in [2.75, 3.05) is 0 Å². The number of hydrogen-bond donors (Lipinski definition) is 0. The van der Waals surface area contributed by atoms with Gasteiger partial charge < -0.3 is 0 Å². The molecule has 0 atom stereocenters. The van der Waals surface area contributed by atoms with E-state index in [0.29, 0.717) is 0 Å². The van der Waals surface area contributed by atoms with Crippen LogP contribution in [-0.2, 0) is 12.8 Å². The van der Waals surface area contributed by atoms with E-state index in [-0.39, 0.29) is 0 Å². The lowest BCUT2D eigenvalue weighted by molar-refractivity contribution is 0.876. The third kappa shape index (κ3) is 3.23. The molecule has 0 saturated heterocycles. The Morgan fingerprint density at radius 3 is 2.35 bits per heavy atom. The summed E-state index contributed by atoms with van der Waals surface area (Å²) in [5.41, 5.74) is 6.45. The molecule has 0 amide bonds. The fourth-order valence-electron chi connectivity index (χ4n) is 3.00. The molecule has 3 rings (SSSR count). The van der Waals surface area contributed by atoms with Gasteiger partial charge in [-0.2, -0.15) is 0 Å². The van der Waals surface area contributed by atoms with Gasteiger partial charge in [0.15, 0.2) is 0 Å². The third-order valence-electron chi connectivity index (χ3n) is 4.24. The summed E-state index contributed by atoms with van der Waals surface area (Å²) in [6.45, 7) is 6.66. The fraction of sp³-hybridized carbons (Fsp3) is 0.286. The van der Waals surface area contributed by atoms with Crippen LogP contribution in [0.5, 0.6) is 0 Å². The van der Waals surface area contributed by atoms with Gasteiger partial charge in [-0.25, -0.2) is 4.98 Å². The lowest BCUT2D eigenvalue weighted by atomic mass is 9.97. The van der Waals surface area contributed by atoms with E-state index in [1.54, 1.807) is 0 Å². The molecule has 0 unspecified atom stereocenters. The molecule has 0 aliphatic carbocycles. The van der Waals surface area contributed by atoms with Gasteiger partial charge in [0, 0.05) is 10.4 Å². The predicted molar refractivity (Wildman–Crippen MR) is 101 cm³/mol. The Kier molecular flexibility index (Phi) is 4.92. The highest BCUT2D eigenvalue weighted by Gasteiger charge is 2.14. The number of aryl methyl sites for hydroxylation is 2. The summed E-state index contributed by atoms with van der Waals surface area (Å²) >= 11 is 1.86. The van der Waals surface area contributed by atoms with E-state index in [9.17, 15) is 0 Å². The summed E-state index contributed by atoms with van der Waals surface area (Å²) < 4.78 is 0. The second-order valence-corrected chi connectivity index (χ2v) is 6.92. The average Bonchev–Trinajstić information content (AvgIpc) is 2.99. The van der Waals surface area contributed by atoms with Crippen LogP contribution in [0.25, 0.3) is 21.7 Å². The normalized spacial score (nSPS) is 10.9. The van der Waals surface area contributed by atoms with Gasteiger partial charge in [0.2, 0.25) is 0 Å². The van der Waals surface area contributed by atoms with Crippen LogP contribution in [0.2, 0.25) is 0 Å². The second kappa shape index (κ2) is 7.10. The summed E-state index contributed by atoms with van der Waals surface area (Å²) in [6, 6.07) is 17.2. The Morgan fingerprint density at radius 1 is 0.913 bits per heavy atom. The van der Waals surface area contributed by atoms with E-state index in [4.69, 9.17) is 4.98 Å². The molecule has 0 radical (unpaired) electrons. The van der Waals surface area contributed by atoms with Crippen molar-refractivity contribution in [1.82, 2.24) is 4.98 Å². The number of thiazole rings is 1. The van der Waals surface area contributed by atoms with Crippen molar-refractivity contribution in [3.63, 3.8) is 0 Å². The van der Waals surface area contributed by atoms with E-state index in [2.05, 4.69) is 69.3 Å². The molecular weight excluding hydrogens is 298 g/mol. The molecule has 0 saturated carbocycles. The average molecular weight is 321 g/mol. The van der Waals surface area contributed by atoms with Crippen molar-refractivity contribution in [3.05, 3.63) is 64.7 Å². The van der Waals surface area contributed by atoms with Crippen LogP contribution in [0, 0.1) is 6.92 Å². The first kappa shape index (κ1) is 15.9. The molecule has 0 aliphatic rings. The highest BCUT2D eigenvalue weighted by Crippen LogP contribution is 2.35. The van der Waals surface area contributed by atoms with Crippen LogP contribution in [0.15, 0.2) is 48.5 Å². The molecule has 118 valence electrons. The van der Waals surface area contributed by atoms with Crippen LogP contribution in [-0.4, -0.2) is 4.98 Å². The van der Waals surface area contributed by atoms with Gasteiger partial charge >= 0.3 is 0 Å². The molecule has 0 N–H and O–H groups in total. The SMILES string of the molecule is CCCc1nc(-c2cccc(-c3ccccc3)c2C)sc1CC. The number of hydrogen-bond acceptors (Lipinski definition) is 2. The molecule has 0 spiro atoms. The minimum Gasteiger partial charge on any atom is -0.241 e. The van der Waals surface area contributed by atoms with Crippen LogP contribution in [0.3, 0.4) is 0 Å². The zero-order valence-corrected chi connectivity index (χ0v) is 14.9. The van der Waals surface area contributed by atoms with Crippen molar-refractivity contribution in [2.45, 2.75) is 40.0 Å². The molecule has 1 nitrogen and oxygen atoms in total. The standard InChI is InChI=1S/C21H23NS/c1-4-10-19-20(5-2)23-21(22-19)18-14-9-13-17(15(18)3)16-11-7-6-8-12-16/h6-9,11-14H,4-5,10H2,1-3H3. The molecule has 0 fully saturated rings. The number of rotatable bonds is 5. The lowest BCUT2D eigenvalue weighted by Gasteiger charge is -2.10. The maximum atomic E-state index is 4.96. The molecule has 1 aromatic heterocycles. The molecule has 2 aromatic carbocycles. The summed E-state index contributed by atoms with van der Waals surface area (Å²) in [5.74, 6) is 0. The van der Waals surface area contributed by atoms with Gasteiger partial charge in [0.25, 0.3) is 0 Å². The van der Waals surface area contributed by atoms with Crippen LogP contribution in [0.4, 0.5) is 0 Å². The first-order chi connectivity index (χ1) is 11.2. The van der Waals surface area contributed by atoms with Gasteiger partial charge in [0.1, 0.15) is 5.01 Å². The van der Waals surface area contributed by atoms with Gasteiger partial charge in [-0.15, -0.1) is 11.3 Å². The predicted octanol–water partition coefficient (Wildman–Crippen LogP) is 6.30. The van der Waals surface area contributed by atoms with E-state index < -0.39 is 0 Å². The highest BCUT2D eigenvalue weighted by molar-refractivity contribution is 7.15. The van der Waals surface area contributed by atoms with E-state index in [0.717, 1.165) is 19.3 Å². The number of benzene rings is 2. The minimum absolute atomic E-state index is 1.07. The van der Waals surface area contributed by atoms with Gasteiger partial charge in [0.05, 0.1) is 5.69 Å². The summed E-state index contributed by atoms with van der Waals surface area (Å²) in [7, 11) is 0. The second-order valence-electron chi connectivity index (χ2n) is 5.84. The molecule has 0 aliphatic heterocycles. The summed E-state index contributed by atoms with van der Waals surface area (Å²) in [5, 5.41) is 1.17. The van der Waals surface area contributed by atoms with Gasteiger partial charge in [-0.3, -0.25) is 0 Å². The Bertz CT molecular complexity index is 787. The molecule has 3 aromatic rings. The number of nitrogens with zero attached hydrogens (tertiary/aromatic N) is 1. The Labute approximate surface area is 143 Å². The quantitative estimate of drug-likeness (QED) is 0.537. The summed E-state index contributed by atoms with van der Waals surface area (Å²) in [6.07, 6.45) is 3.31. The molecule has 1 heterocycles. The Morgan fingerprint density at radius 2 is 1.65 bits per heavy atom. The Hall–Kier alpha value is -1.93.